The van der Waals surface area contributed by atoms with E-state index >= 15 is 0 Å². The van der Waals surface area contributed by atoms with Gasteiger partial charge in [0.05, 0.1) is 6.61 Å². The number of fused-ring (bicyclic) bond motifs is 1. The van der Waals surface area contributed by atoms with E-state index in [-0.39, 0.29) is 18.1 Å². The number of nitrogens with one attached hydrogen (secondary N) is 1. The van der Waals surface area contributed by atoms with Crippen LogP contribution in [-0.4, -0.2) is 47.8 Å². The molecule has 0 spiro atoms. The van der Waals surface area contributed by atoms with Gasteiger partial charge in [-0.05, 0) is 19.8 Å². The molecule has 0 aromatic carbocycles. The molecule has 3 N–H and O–H groups in total. The van der Waals surface area contributed by atoms with E-state index in [1.54, 1.807) is 13.0 Å². The fourth-order valence-corrected chi connectivity index (χ4v) is 4.28. The second-order valence-electron chi connectivity index (χ2n) is 5.59. The van der Waals surface area contributed by atoms with Crippen LogP contribution in [0.1, 0.15) is 41.7 Å². The number of aromatic amines is 1. The Kier molecular flexibility index (Phi) is 4.17. The van der Waals surface area contributed by atoms with Crippen LogP contribution in [0.15, 0.2) is 17.1 Å². The number of hydrogen-bond donors (Lipinski definition) is 3. The minimum Gasteiger partial charge on any atom is -0.462 e. The average Bonchev–Trinajstić information content (AvgIpc) is 2.92. The van der Waals surface area contributed by atoms with Crippen molar-refractivity contribution in [3.8, 4) is 0 Å². The van der Waals surface area contributed by atoms with Crippen molar-refractivity contribution in [3.05, 3.63) is 33.9 Å². The van der Waals surface area contributed by atoms with Gasteiger partial charge in [0.25, 0.3) is 5.56 Å². The van der Waals surface area contributed by atoms with Crippen LogP contribution < -0.4 is 5.56 Å². The molecule has 0 bridgehead atoms. The van der Waals surface area contributed by atoms with Gasteiger partial charge in [-0.15, -0.1) is 0 Å². The molecule has 1 aliphatic heterocycles. The lowest BCUT2D eigenvalue weighted by Gasteiger charge is -2.38. The Morgan fingerprint density at radius 1 is 1.48 bits per heavy atom. The Morgan fingerprint density at radius 3 is 2.83 bits per heavy atom. The van der Waals surface area contributed by atoms with Gasteiger partial charge in [0, 0.05) is 35.4 Å². The van der Waals surface area contributed by atoms with Crippen molar-refractivity contribution >= 4 is 22.2 Å². The maximum Gasteiger partial charge on any atom is 0.345 e. The number of hydrogen-bond acceptors (Lipinski definition) is 6. The van der Waals surface area contributed by atoms with Crippen molar-refractivity contribution in [2.45, 2.75) is 25.7 Å². The Balaban J connectivity index is 1.92. The van der Waals surface area contributed by atoms with Crippen LogP contribution in [0.2, 0.25) is 0 Å². The van der Waals surface area contributed by atoms with Gasteiger partial charge in [0.2, 0.25) is 0 Å². The quantitative estimate of drug-likeness (QED) is 0.733. The molecule has 0 aliphatic carbocycles. The molecule has 0 radical (unpaired) electrons. The van der Waals surface area contributed by atoms with Gasteiger partial charge in [0.1, 0.15) is 5.56 Å². The molecule has 0 amide bonds. The molecule has 1 aliphatic rings. The predicted molar refractivity (Wildman–Crippen MR) is 86.3 cm³/mol. The van der Waals surface area contributed by atoms with Crippen molar-refractivity contribution in [3.63, 3.8) is 0 Å². The van der Waals surface area contributed by atoms with Crippen molar-refractivity contribution in [2.24, 2.45) is 0 Å². The van der Waals surface area contributed by atoms with Gasteiger partial charge in [-0.25, -0.2) is 14.3 Å². The number of H-pyrrole nitrogens is 1. The Morgan fingerprint density at radius 2 is 2.17 bits per heavy atom. The van der Waals surface area contributed by atoms with Crippen LogP contribution in [0.4, 0.5) is 0 Å². The molecular formula is C14H19N3O5S. The third kappa shape index (κ3) is 3.12. The van der Waals surface area contributed by atoms with Crippen LogP contribution in [0.25, 0.3) is 5.65 Å². The average molecular weight is 341 g/mol. The van der Waals surface area contributed by atoms with Gasteiger partial charge in [-0.3, -0.25) is 19.0 Å². The molecule has 1 saturated heterocycles. The van der Waals surface area contributed by atoms with Gasteiger partial charge in [0.15, 0.2) is 5.65 Å². The minimum absolute atomic E-state index is 0.113. The number of nitrogens with zero attached hydrogens (tertiary/aromatic N) is 2. The summed E-state index contributed by atoms with van der Waals surface area (Å²) in [7, 11) is -2.45. The summed E-state index contributed by atoms with van der Waals surface area (Å²) in [6.45, 7) is 1.85. The molecule has 3 rings (SSSR count). The summed E-state index contributed by atoms with van der Waals surface area (Å²) in [6, 6.07) is 1.76. The zero-order valence-corrected chi connectivity index (χ0v) is 13.5. The summed E-state index contributed by atoms with van der Waals surface area (Å²) in [6.07, 6.45) is 2.49. The van der Waals surface area contributed by atoms with E-state index in [2.05, 4.69) is 10.1 Å². The summed E-state index contributed by atoms with van der Waals surface area (Å²) in [5.74, 6) is 0.150. The number of esters is 1. The highest BCUT2D eigenvalue weighted by Gasteiger charge is 2.27. The monoisotopic (exact) mass is 341 g/mol. The summed E-state index contributed by atoms with van der Waals surface area (Å²) >= 11 is 0. The SMILES string of the molecule is CCOC(=O)c1cnc2cc(C3CCS(O)(O)CC3)[nH]n2c1=O. The van der Waals surface area contributed by atoms with E-state index in [4.69, 9.17) is 4.74 Å². The lowest BCUT2D eigenvalue weighted by atomic mass is 9.99. The first-order valence-electron chi connectivity index (χ1n) is 7.42. The van der Waals surface area contributed by atoms with Crippen LogP contribution in [0.5, 0.6) is 0 Å². The predicted octanol–water partition coefficient (Wildman–Crippen LogP) is 1.83. The highest BCUT2D eigenvalue weighted by molar-refractivity contribution is 8.24. The second kappa shape index (κ2) is 5.99. The number of carbonyl (C=O) groups excluding carboxylic acids is 1. The molecule has 0 unspecified atom stereocenters. The molecule has 8 nitrogen and oxygen atoms in total. The third-order valence-corrected chi connectivity index (χ3v) is 5.81. The Bertz CT molecular complexity index is 787. The summed E-state index contributed by atoms with van der Waals surface area (Å²) in [5, 5.41) is 2.98. The first-order chi connectivity index (χ1) is 10.9. The lowest BCUT2D eigenvalue weighted by Crippen LogP contribution is -2.25. The number of ether oxygens (including phenoxy) is 1. The highest BCUT2D eigenvalue weighted by atomic mass is 32.3. The van der Waals surface area contributed by atoms with E-state index in [1.807, 2.05) is 0 Å². The molecule has 3 heterocycles. The number of aromatic nitrogens is 3. The second-order valence-corrected chi connectivity index (χ2v) is 8.01. The summed E-state index contributed by atoms with van der Waals surface area (Å²) < 4.78 is 25.4. The van der Waals surface area contributed by atoms with E-state index < -0.39 is 22.1 Å². The van der Waals surface area contributed by atoms with Crippen LogP contribution in [0.3, 0.4) is 0 Å². The molecule has 9 heteroatoms. The molecular weight excluding hydrogens is 322 g/mol. The van der Waals surface area contributed by atoms with Crippen LogP contribution in [0, 0.1) is 0 Å². The minimum atomic E-state index is -2.45. The number of carbonyl (C=O) groups is 1. The fraction of sp³-hybridized carbons (Fsp3) is 0.500. The molecule has 23 heavy (non-hydrogen) atoms. The fourth-order valence-electron chi connectivity index (χ4n) is 2.76. The topological polar surface area (TPSA) is 117 Å². The lowest BCUT2D eigenvalue weighted by molar-refractivity contribution is 0.0523. The molecule has 126 valence electrons. The van der Waals surface area contributed by atoms with Gasteiger partial charge in [-0.2, -0.15) is 10.6 Å². The van der Waals surface area contributed by atoms with Crippen molar-refractivity contribution in [1.29, 1.82) is 0 Å². The molecule has 2 aromatic rings. The first-order valence-corrected chi connectivity index (χ1v) is 9.31. The third-order valence-electron chi connectivity index (χ3n) is 4.04. The van der Waals surface area contributed by atoms with Gasteiger partial charge in [-0.1, -0.05) is 0 Å². The van der Waals surface area contributed by atoms with Crippen molar-refractivity contribution in [2.75, 3.05) is 18.1 Å². The maximum atomic E-state index is 12.4. The van der Waals surface area contributed by atoms with E-state index in [0.717, 1.165) is 5.69 Å². The normalized spacial score (nSPS) is 19.6. The Hall–Kier alpha value is -1.84. The zero-order valence-electron chi connectivity index (χ0n) is 12.7. The van der Waals surface area contributed by atoms with Crippen LogP contribution >= 0.6 is 10.6 Å². The first kappa shape index (κ1) is 16.0. The summed E-state index contributed by atoms with van der Waals surface area (Å²) in [4.78, 5) is 28.2. The largest absolute Gasteiger partial charge is 0.462 e. The maximum absolute atomic E-state index is 12.4. The van der Waals surface area contributed by atoms with Crippen molar-refractivity contribution < 1.29 is 18.6 Å². The van der Waals surface area contributed by atoms with Crippen molar-refractivity contribution in [1.82, 2.24) is 14.6 Å². The summed E-state index contributed by atoms with van der Waals surface area (Å²) in [5.41, 5.74) is 0.621. The Labute approximate surface area is 133 Å². The molecule has 0 atom stereocenters. The highest BCUT2D eigenvalue weighted by Crippen LogP contribution is 2.48. The number of rotatable bonds is 3. The zero-order chi connectivity index (χ0) is 16.6. The molecule has 0 saturated carbocycles. The van der Waals surface area contributed by atoms with E-state index in [0.29, 0.717) is 30.0 Å². The van der Waals surface area contributed by atoms with E-state index in [9.17, 15) is 18.7 Å². The molecule has 2 aromatic heterocycles. The standard InChI is InChI=1S/C14H19N3O5S/c1-2-22-14(19)10-8-15-12-7-11(16-17(12)13(10)18)9-3-5-23(20,21)6-4-9/h7-9,16,20-21H,2-6H2,1H3. The van der Waals surface area contributed by atoms with E-state index in [1.165, 1.54) is 10.7 Å². The van der Waals surface area contributed by atoms with Crippen LogP contribution in [-0.2, 0) is 4.74 Å². The van der Waals surface area contributed by atoms with Gasteiger partial charge >= 0.3 is 5.97 Å². The van der Waals surface area contributed by atoms with Gasteiger partial charge < -0.3 is 4.74 Å². The molecule has 1 fully saturated rings. The smallest absolute Gasteiger partial charge is 0.345 e.